The molecule has 0 spiro atoms. The van der Waals surface area contributed by atoms with E-state index in [0.29, 0.717) is 17.1 Å². The van der Waals surface area contributed by atoms with Crippen molar-refractivity contribution in [1.82, 2.24) is 9.97 Å². The topological polar surface area (TPSA) is 67.3 Å². The molecule has 25 heavy (non-hydrogen) atoms. The number of hydrogen-bond acceptors (Lipinski definition) is 5. The van der Waals surface area contributed by atoms with E-state index in [2.05, 4.69) is 20.2 Å². The van der Waals surface area contributed by atoms with Gasteiger partial charge in [0.15, 0.2) is 0 Å². The number of rotatable bonds is 5. The second kappa shape index (κ2) is 7.96. The van der Waals surface area contributed by atoms with Crippen molar-refractivity contribution < 1.29 is 9.53 Å². The number of carbonyl (C=O) groups excluding carboxylic acids is 1. The van der Waals surface area contributed by atoms with E-state index >= 15 is 0 Å². The van der Waals surface area contributed by atoms with Crippen LogP contribution >= 0.6 is 0 Å². The molecule has 2 heterocycles. The molecular weight excluding hydrogens is 316 g/mol. The maximum atomic E-state index is 12.5. The fourth-order valence-corrected chi connectivity index (χ4v) is 2.84. The highest BCUT2D eigenvalue weighted by Crippen LogP contribution is 2.25. The first-order valence-electron chi connectivity index (χ1n) is 8.77. The molecule has 1 amide bonds. The van der Waals surface area contributed by atoms with Crippen LogP contribution in [0.3, 0.4) is 0 Å². The van der Waals surface area contributed by atoms with Gasteiger partial charge in [-0.15, -0.1) is 0 Å². The molecule has 1 N–H and O–H groups in total. The van der Waals surface area contributed by atoms with Gasteiger partial charge in [0.2, 0.25) is 0 Å². The van der Waals surface area contributed by atoms with E-state index in [1.54, 1.807) is 6.20 Å². The number of nitrogens with one attached hydrogen (secondary N) is 1. The Morgan fingerprint density at radius 2 is 1.88 bits per heavy atom. The number of aromatic nitrogens is 2. The van der Waals surface area contributed by atoms with Crippen molar-refractivity contribution in [3.63, 3.8) is 0 Å². The molecule has 2 aromatic rings. The number of nitrogens with zero attached hydrogens (tertiary/aromatic N) is 3. The highest BCUT2D eigenvalue weighted by molar-refractivity contribution is 6.03. The van der Waals surface area contributed by atoms with Crippen LogP contribution in [0.4, 0.5) is 11.5 Å². The summed E-state index contributed by atoms with van der Waals surface area (Å²) in [5.74, 6) is 1.18. The lowest BCUT2D eigenvalue weighted by Gasteiger charge is -2.27. The molecule has 132 valence electrons. The number of anilines is 2. The van der Waals surface area contributed by atoms with Gasteiger partial charge in [-0.25, -0.2) is 9.97 Å². The molecule has 0 radical (unpaired) electrons. The van der Waals surface area contributed by atoms with Gasteiger partial charge in [-0.1, -0.05) is 12.1 Å². The lowest BCUT2D eigenvalue weighted by atomic mass is 10.1. The minimum atomic E-state index is -0.294. The summed E-state index contributed by atoms with van der Waals surface area (Å²) in [4.78, 5) is 23.4. The number of hydrogen-bond donors (Lipinski definition) is 1. The molecule has 0 atom stereocenters. The Morgan fingerprint density at radius 3 is 2.56 bits per heavy atom. The lowest BCUT2D eigenvalue weighted by molar-refractivity contribution is 0.102. The van der Waals surface area contributed by atoms with E-state index in [9.17, 15) is 4.79 Å². The zero-order valence-electron chi connectivity index (χ0n) is 14.7. The summed E-state index contributed by atoms with van der Waals surface area (Å²) >= 11 is 0. The molecule has 1 aliphatic rings. The van der Waals surface area contributed by atoms with Gasteiger partial charge in [0.25, 0.3) is 5.91 Å². The SMILES string of the molecule is CC(C)Oc1ccccc1NC(=O)c1cnc(N2CCCCC2)cn1. The van der Waals surface area contributed by atoms with Crippen LogP contribution in [0.1, 0.15) is 43.6 Å². The van der Waals surface area contributed by atoms with E-state index in [4.69, 9.17) is 4.74 Å². The number of carbonyl (C=O) groups is 1. The summed E-state index contributed by atoms with van der Waals surface area (Å²) < 4.78 is 5.72. The van der Waals surface area contributed by atoms with Crippen LogP contribution in [0.2, 0.25) is 0 Å². The monoisotopic (exact) mass is 340 g/mol. The molecule has 1 aromatic carbocycles. The second-order valence-corrected chi connectivity index (χ2v) is 6.42. The molecule has 0 aliphatic carbocycles. The predicted octanol–water partition coefficient (Wildman–Crippen LogP) is 3.51. The van der Waals surface area contributed by atoms with E-state index in [-0.39, 0.29) is 12.0 Å². The van der Waals surface area contributed by atoms with Crippen molar-refractivity contribution in [2.45, 2.75) is 39.2 Å². The molecule has 1 saturated heterocycles. The number of benzene rings is 1. The maximum absolute atomic E-state index is 12.5. The molecule has 1 aliphatic heterocycles. The van der Waals surface area contributed by atoms with Crippen molar-refractivity contribution >= 4 is 17.4 Å². The van der Waals surface area contributed by atoms with Crippen LogP contribution in [0.5, 0.6) is 5.75 Å². The van der Waals surface area contributed by atoms with Crippen molar-refractivity contribution in [2.24, 2.45) is 0 Å². The summed E-state index contributed by atoms with van der Waals surface area (Å²) in [5.41, 5.74) is 0.920. The third kappa shape index (κ3) is 4.47. The molecule has 6 nitrogen and oxygen atoms in total. The Bertz CT molecular complexity index is 710. The fourth-order valence-electron chi connectivity index (χ4n) is 2.84. The number of piperidine rings is 1. The summed E-state index contributed by atoms with van der Waals surface area (Å²) in [6.07, 6.45) is 6.86. The van der Waals surface area contributed by atoms with Crippen LogP contribution in [-0.4, -0.2) is 35.1 Å². The van der Waals surface area contributed by atoms with Crippen LogP contribution in [0, 0.1) is 0 Å². The van der Waals surface area contributed by atoms with Crippen molar-refractivity contribution in [3.05, 3.63) is 42.4 Å². The van der Waals surface area contributed by atoms with Crippen molar-refractivity contribution in [3.8, 4) is 5.75 Å². The second-order valence-electron chi connectivity index (χ2n) is 6.42. The van der Waals surface area contributed by atoms with Crippen molar-refractivity contribution in [2.75, 3.05) is 23.3 Å². The van der Waals surface area contributed by atoms with Gasteiger partial charge in [-0.3, -0.25) is 4.79 Å². The zero-order chi connectivity index (χ0) is 17.6. The molecule has 1 aromatic heterocycles. The van der Waals surface area contributed by atoms with Crippen molar-refractivity contribution in [1.29, 1.82) is 0 Å². The Hall–Kier alpha value is -2.63. The molecule has 3 rings (SSSR count). The average Bonchev–Trinajstić information content (AvgIpc) is 2.64. The summed E-state index contributed by atoms with van der Waals surface area (Å²) in [6.45, 7) is 5.90. The first-order valence-corrected chi connectivity index (χ1v) is 8.77. The molecule has 0 bridgehead atoms. The molecular formula is C19H24N4O2. The minimum Gasteiger partial charge on any atom is -0.489 e. The van der Waals surface area contributed by atoms with E-state index < -0.39 is 0 Å². The summed E-state index contributed by atoms with van der Waals surface area (Å²) in [6, 6.07) is 7.38. The predicted molar refractivity (Wildman–Crippen MR) is 98.3 cm³/mol. The maximum Gasteiger partial charge on any atom is 0.275 e. The van der Waals surface area contributed by atoms with Gasteiger partial charge >= 0.3 is 0 Å². The summed E-state index contributed by atoms with van der Waals surface area (Å²) in [7, 11) is 0. The van der Waals surface area contributed by atoms with Gasteiger partial charge in [0.1, 0.15) is 17.3 Å². The first kappa shape index (κ1) is 17.2. The van der Waals surface area contributed by atoms with Gasteiger partial charge in [0, 0.05) is 13.1 Å². The number of para-hydroxylation sites is 2. The van der Waals surface area contributed by atoms with Gasteiger partial charge in [-0.05, 0) is 45.2 Å². The van der Waals surface area contributed by atoms with E-state index in [1.807, 2.05) is 38.1 Å². The van der Waals surface area contributed by atoms with Crippen LogP contribution in [0.25, 0.3) is 0 Å². The fraction of sp³-hybridized carbons (Fsp3) is 0.421. The van der Waals surface area contributed by atoms with Crippen LogP contribution in [0.15, 0.2) is 36.7 Å². The molecule has 6 heteroatoms. The Kier molecular flexibility index (Phi) is 5.48. The smallest absolute Gasteiger partial charge is 0.275 e. The molecule has 0 saturated carbocycles. The Balaban J connectivity index is 1.69. The Labute approximate surface area is 148 Å². The number of ether oxygens (including phenoxy) is 1. The molecule has 0 unspecified atom stereocenters. The molecule has 1 fully saturated rings. The number of amides is 1. The first-order chi connectivity index (χ1) is 12.1. The third-order valence-corrected chi connectivity index (χ3v) is 4.05. The van der Waals surface area contributed by atoms with Crippen LogP contribution in [-0.2, 0) is 0 Å². The standard InChI is InChI=1S/C19H24N4O2/c1-14(2)25-17-9-5-4-8-15(17)22-19(24)16-12-21-18(13-20-16)23-10-6-3-7-11-23/h4-5,8-9,12-14H,3,6-7,10-11H2,1-2H3,(H,22,24). The minimum absolute atomic E-state index is 0.0293. The van der Waals surface area contributed by atoms with Gasteiger partial charge in [0.05, 0.1) is 24.2 Å². The normalized spacial score (nSPS) is 14.4. The zero-order valence-corrected chi connectivity index (χ0v) is 14.7. The lowest BCUT2D eigenvalue weighted by Crippen LogP contribution is -2.30. The Morgan fingerprint density at radius 1 is 1.12 bits per heavy atom. The van der Waals surface area contributed by atoms with E-state index in [0.717, 1.165) is 18.9 Å². The largest absolute Gasteiger partial charge is 0.489 e. The van der Waals surface area contributed by atoms with Gasteiger partial charge in [-0.2, -0.15) is 0 Å². The highest BCUT2D eigenvalue weighted by atomic mass is 16.5. The van der Waals surface area contributed by atoms with E-state index in [1.165, 1.54) is 25.5 Å². The highest BCUT2D eigenvalue weighted by Gasteiger charge is 2.15. The average molecular weight is 340 g/mol. The quantitative estimate of drug-likeness (QED) is 0.902. The summed E-state index contributed by atoms with van der Waals surface area (Å²) in [5, 5.41) is 2.85. The third-order valence-electron chi connectivity index (χ3n) is 4.05. The van der Waals surface area contributed by atoms with Gasteiger partial charge < -0.3 is 15.0 Å². The van der Waals surface area contributed by atoms with Crippen LogP contribution < -0.4 is 15.0 Å².